The van der Waals surface area contributed by atoms with Gasteiger partial charge in [0.2, 0.25) is 0 Å². The van der Waals surface area contributed by atoms with E-state index < -0.39 is 0 Å². The van der Waals surface area contributed by atoms with Gasteiger partial charge in [-0.05, 0) is 37.2 Å². The van der Waals surface area contributed by atoms with Gasteiger partial charge in [-0.15, -0.1) is 0 Å². The molecule has 1 saturated carbocycles. The maximum atomic E-state index is 5.46. The fourth-order valence-electron chi connectivity index (χ4n) is 2.36. The third kappa shape index (κ3) is 2.93. The molecule has 0 bridgehead atoms. The average molecular weight is 264 g/mol. The lowest BCUT2D eigenvalue weighted by atomic mass is 10.2. The predicted octanol–water partition coefficient (Wildman–Crippen LogP) is 2.95. The van der Waals surface area contributed by atoms with E-state index in [0.29, 0.717) is 6.04 Å². The second kappa shape index (κ2) is 6.05. The molecule has 0 radical (unpaired) electrons. The lowest BCUT2D eigenvalue weighted by Gasteiger charge is -2.25. The Kier molecular flexibility index (Phi) is 4.42. The number of thiocarbonyl (C=S) groups is 1. The first-order valence-electron chi connectivity index (χ1n) is 6.39. The van der Waals surface area contributed by atoms with Gasteiger partial charge in [0.25, 0.3) is 0 Å². The van der Waals surface area contributed by atoms with Crippen LogP contribution >= 0.6 is 12.2 Å². The van der Waals surface area contributed by atoms with Crippen LogP contribution < -0.4 is 15.0 Å². The van der Waals surface area contributed by atoms with Gasteiger partial charge in [0, 0.05) is 13.1 Å². The lowest BCUT2D eigenvalue weighted by molar-refractivity contribution is 0.416. The van der Waals surface area contributed by atoms with Crippen LogP contribution in [-0.4, -0.2) is 25.3 Å². The van der Waals surface area contributed by atoms with Crippen molar-refractivity contribution in [1.82, 2.24) is 5.32 Å². The summed E-state index contributed by atoms with van der Waals surface area (Å²) in [6.45, 7) is 0. The number of methoxy groups -OCH3 is 1. The summed E-state index contributed by atoms with van der Waals surface area (Å²) in [5, 5.41) is 4.20. The normalized spacial score (nSPS) is 15.4. The Balaban J connectivity index is 2.05. The highest BCUT2D eigenvalue weighted by molar-refractivity contribution is 7.80. The number of nitrogens with one attached hydrogen (secondary N) is 1. The molecule has 1 fully saturated rings. The second-order valence-corrected chi connectivity index (χ2v) is 5.05. The summed E-state index contributed by atoms with van der Waals surface area (Å²) in [6.07, 6.45) is 5.05. The van der Waals surface area contributed by atoms with E-state index in [2.05, 4.69) is 5.32 Å². The van der Waals surface area contributed by atoms with Crippen LogP contribution in [0, 0.1) is 0 Å². The van der Waals surface area contributed by atoms with Crippen molar-refractivity contribution in [3.63, 3.8) is 0 Å². The monoisotopic (exact) mass is 264 g/mol. The van der Waals surface area contributed by atoms with Crippen molar-refractivity contribution in [1.29, 1.82) is 0 Å². The summed E-state index contributed by atoms with van der Waals surface area (Å²) in [5.74, 6) is 0.843. The van der Waals surface area contributed by atoms with Gasteiger partial charge in [0.05, 0.1) is 12.8 Å². The van der Waals surface area contributed by atoms with E-state index in [9.17, 15) is 0 Å². The molecule has 1 aromatic carbocycles. The summed E-state index contributed by atoms with van der Waals surface area (Å²) < 4.78 is 5.36. The zero-order valence-electron chi connectivity index (χ0n) is 11.0. The van der Waals surface area contributed by atoms with E-state index in [-0.39, 0.29) is 0 Å². The summed E-state index contributed by atoms with van der Waals surface area (Å²) >= 11 is 5.46. The summed E-state index contributed by atoms with van der Waals surface area (Å²) in [4.78, 5) is 1.98. The van der Waals surface area contributed by atoms with Gasteiger partial charge in [-0.1, -0.05) is 25.0 Å². The van der Waals surface area contributed by atoms with E-state index in [1.807, 2.05) is 36.2 Å². The summed E-state index contributed by atoms with van der Waals surface area (Å²) in [5.41, 5.74) is 0.996. The SMILES string of the molecule is COc1ccccc1N(C)C(=S)NC1CCCC1. The van der Waals surface area contributed by atoms with Gasteiger partial charge in [-0.3, -0.25) is 0 Å². The van der Waals surface area contributed by atoms with Crippen molar-refractivity contribution >= 4 is 23.0 Å². The van der Waals surface area contributed by atoms with Crippen LogP contribution in [0.5, 0.6) is 5.75 Å². The van der Waals surface area contributed by atoms with E-state index in [1.165, 1.54) is 25.7 Å². The van der Waals surface area contributed by atoms with Gasteiger partial charge >= 0.3 is 0 Å². The maximum Gasteiger partial charge on any atom is 0.173 e. The summed E-state index contributed by atoms with van der Waals surface area (Å²) in [6, 6.07) is 8.46. The maximum absolute atomic E-state index is 5.46. The molecule has 2 rings (SSSR count). The van der Waals surface area contributed by atoms with Gasteiger partial charge in [0.15, 0.2) is 5.11 Å². The number of benzene rings is 1. The number of rotatable bonds is 3. The average Bonchev–Trinajstić information content (AvgIpc) is 2.90. The zero-order chi connectivity index (χ0) is 13.0. The Morgan fingerprint density at radius 1 is 1.33 bits per heavy atom. The fourth-order valence-corrected chi connectivity index (χ4v) is 2.62. The molecular formula is C14H20N2OS. The minimum absolute atomic E-state index is 0.537. The second-order valence-electron chi connectivity index (χ2n) is 4.66. The van der Waals surface area contributed by atoms with Crippen LogP contribution in [0.15, 0.2) is 24.3 Å². The van der Waals surface area contributed by atoms with Crippen LogP contribution in [-0.2, 0) is 0 Å². The van der Waals surface area contributed by atoms with Crippen LogP contribution in [0.25, 0.3) is 0 Å². The van der Waals surface area contributed by atoms with Gasteiger partial charge in [-0.2, -0.15) is 0 Å². The topological polar surface area (TPSA) is 24.5 Å². The fraction of sp³-hybridized carbons (Fsp3) is 0.500. The molecule has 18 heavy (non-hydrogen) atoms. The molecule has 1 aliphatic rings. The van der Waals surface area contributed by atoms with Crippen molar-refractivity contribution < 1.29 is 4.74 Å². The Morgan fingerprint density at radius 2 is 2.00 bits per heavy atom. The Labute approximate surface area is 114 Å². The molecule has 0 saturated heterocycles. The smallest absolute Gasteiger partial charge is 0.173 e. The predicted molar refractivity (Wildman–Crippen MR) is 79.4 cm³/mol. The Morgan fingerprint density at radius 3 is 2.67 bits per heavy atom. The minimum Gasteiger partial charge on any atom is -0.495 e. The van der Waals surface area contributed by atoms with E-state index >= 15 is 0 Å². The number of anilines is 1. The number of para-hydroxylation sites is 2. The van der Waals surface area contributed by atoms with Crippen molar-refractivity contribution in [3.8, 4) is 5.75 Å². The quantitative estimate of drug-likeness (QED) is 0.848. The molecule has 1 aliphatic carbocycles. The van der Waals surface area contributed by atoms with Crippen molar-refractivity contribution in [3.05, 3.63) is 24.3 Å². The molecule has 3 nitrogen and oxygen atoms in total. The molecular weight excluding hydrogens is 244 g/mol. The van der Waals surface area contributed by atoms with Crippen LogP contribution in [0.2, 0.25) is 0 Å². The van der Waals surface area contributed by atoms with Crippen LogP contribution in [0.3, 0.4) is 0 Å². The van der Waals surface area contributed by atoms with Crippen molar-refractivity contribution in [2.75, 3.05) is 19.1 Å². The molecule has 1 N–H and O–H groups in total. The highest BCUT2D eigenvalue weighted by Crippen LogP contribution is 2.27. The molecule has 98 valence electrons. The molecule has 0 aromatic heterocycles. The molecule has 4 heteroatoms. The molecule has 0 spiro atoms. The van der Waals surface area contributed by atoms with E-state index in [0.717, 1.165) is 16.5 Å². The van der Waals surface area contributed by atoms with Crippen LogP contribution in [0.4, 0.5) is 5.69 Å². The molecule has 0 heterocycles. The molecule has 1 aromatic rings. The van der Waals surface area contributed by atoms with Crippen LogP contribution in [0.1, 0.15) is 25.7 Å². The number of hydrogen-bond donors (Lipinski definition) is 1. The first kappa shape index (κ1) is 13.1. The number of ether oxygens (including phenoxy) is 1. The molecule has 0 amide bonds. The summed E-state index contributed by atoms with van der Waals surface area (Å²) in [7, 11) is 3.66. The Hall–Kier alpha value is -1.29. The molecule has 0 atom stereocenters. The highest BCUT2D eigenvalue weighted by atomic mass is 32.1. The lowest BCUT2D eigenvalue weighted by Crippen LogP contribution is -2.42. The minimum atomic E-state index is 0.537. The van der Waals surface area contributed by atoms with Crippen molar-refractivity contribution in [2.24, 2.45) is 0 Å². The highest BCUT2D eigenvalue weighted by Gasteiger charge is 2.18. The van der Waals surface area contributed by atoms with Gasteiger partial charge < -0.3 is 15.0 Å². The standard InChI is InChI=1S/C14H20N2OS/c1-16(12-9-5-6-10-13(12)17-2)14(18)15-11-7-3-4-8-11/h5-6,9-11H,3-4,7-8H2,1-2H3,(H,15,18). The van der Waals surface area contributed by atoms with Gasteiger partial charge in [-0.25, -0.2) is 0 Å². The first-order valence-corrected chi connectivity index (χ1v) is 6.80. The van der Waals surface area contributed by atoms with Crippen molar-refractivity contribution in [2.45, 2.75) is 31.7 Å². The largest absolute Gasteiger partial charge is 0.495 e. The molecule has 0 aliphatic heterocycles. The van der Waals surface area contributed by atoms with E-state index in [4.69, 9.17) is 17.0 Å². The third-order valence-electron chi connectivity index (χ3n) is 3.43. The zero-order valence-corrected chi connectivity index (χ0v) is 11.8. The molecule has 0 unspecified atom stereocenters. The third-order valence-corrected chi connectivity index (χ3v) is 3.83. The first-order chi connectivity index (χ1) is 8.72. The van der Waals surface area contributed by atoms with E-state index in [1.54, 1.807) is 7.11 Å². The van der Waals surface area contributed by atoms with Gasteiger partial charge in [0.1, 0.15) is 5.75 Å². The Bertz CT molecular complexity index is 416. The number of nitrogens with zero attached hydrogens (tertiary/aromatic N) is 1. The number of hydrogen-bond acceptors (Lipinski definition) is 2.